The zero-order valence-electron chi connectivity index (χ0n) is 18.3. The van der Waals surface area contributed by atoms with Crippen LogP contribution in [0, 0.1) is 29.9 Å². The summed E-state index contributed by atoms with van der Waals surface area (Å²) in [5, 5.41) is 27.8. The lowest BCUT2D eigenvalue weighted by atomic mass is 10.0. The largest absolute Gasteiger partial charge is 0.352 e. The number of halogens is 2. The molecule has 1 aliphatic heterocycles. The summed E-state index contributed by atoms with van der Waals surface area (Å²) < 4.78 is 29.6. The second kappa shape index (κ2) is 9.57. The van der Waals surface area contributed by atoms with Crippen LogP contribution in [0.1, 0.15) is 29.4 Å². The second-order valence-electron chi connectivity index (χ2n) is 7.46. The molecule has 3 heterocycles. The fourth-order valence-corrected chi connectivity index (χ4v) is 3.40. The lowest BCUT2D eigenvalue weighted by Gasteiger charge is -2.22. The minimum absolute atomic E-state index is 0.00529. The van der Waals surface area contributed by atoms with E-state index in [0.717, 1.165) is 12.3 Å². The number of rotatable bonds is 6. The van der Waals surface area contributed by atoms with E-state index in [9.17, 15) is 13.6 Å². The Hall–Kier alpha value is -4.47. The number of hydrazone groups is 1. The number of hydrogen-bond acceptors (Lipinski definition) is 8. The van der Waals surface area contributed by atoms with Gasteiger partial charge in [0.15, 0.2) is 11.6 Å². The van der Waals surface area contributed by atoms with Gasteiger partial charge in [-0.1, -0.05) is 0 Å². The maximum absolute atomic E-state index is 14.2. The Bertz CT molecular complexity index is 1300. The molecule has 1 aliphatic rings. The molecule has 0 saturated heterocycles. The van der Waals surface area contributed by atoms with E-state index < -0.39 is 23.7 Å². The minimum Gasteiger partial charge on any atom is -0.352 e. The van der Waals surface area contributed by atoms with Gasteiger partial charge in [-0.15, -0.1) is 10.2 Å². The zero-order valence-corrected chi connectivity index (χ0v) is 18.3. The highest BCUT2D eigenvalue weighted by Gasteiger charge is 2.28. The van der Waals surface area contributed by atoms with Crippen molar-refractivity contribution in [3.63, 3.8) is 0 Å². The number of amides is 2. The molecule has 0 fully saturated rings. The Morgan fingerprint density at radius 1 is 1.26 bits per heavy atom. The Kier molecular flexibility index (Phi) is 6.39. The van der Waals surface area contributed by atoms with Crippen molar-refractivity contribution in [2.24, 2.45) is 12.1 Å². The first kappa shape index (κ1) is 22.7. The van der Waals surface area contributed by atoms with Crippen molar-refractivity contribution in [2.75, 3.05) is 18.4 Å². The number of urea groups is 1. The van der Waals surface area contributed by atoms with Gasteiger partial charge in [0.25, 0.3) is 0 Å². The highest BCUT2D eigenvalue weighted by molar-refractivity contribution is 5.78. The number of aromatic nitrogens is 5. The lowest BCUT2D eigenvalue weighted by Crippen LogP contribution is -2.39. The molecule has 2 N–H and O–H groups in total. The maximum Gasteiger partial charge on any atom is 0.338 e. The summed E-state index contributed by atoms with van der Waals surface area (Å²) in [5.41, 5.74) is 0.654. The predicted octanol–water partition coefficient (Wildman–Crippen LogP) is 2.28. The molecule has 1 aromatic carbocycles. The average Bonchev–Trinajstić information content (AvgIpc) is 3.44. The van der Waals surface area contributed by atoms with Gasteiger partial charge in [-0.2, -0.15) is 10.4 Å². The third kappa shape index (κ3) is 4.65. The summed E-state index contributed by atoms with van der Waals surface area (Å²) >= 11 is 0. The highest BCUT2D eigenvalue weighted by atomic mass is 19.1. The molecule has 0 saturated carbocycles. The molecule has 0 unspecified atom stereocenters. The van der Waals surface area contributed by atoms with Crippen LogP contribution in [-0.2, 0) is 7.05 Å². The van der Waals surface area contributed by atoms with E-state index in [1.54, 1.807) is 24.8 Å². The summed E-state index contributed by atoms with van der Waals surface area (Å²) in [7, 11) is 1.70. The van der Waals surface area contributed by atoms with Crippen molar-refractivity contribution in [2.45, 2.75) is 19.4 Å². The molecule has 0 aliphatic carbocycles. The molecular formula is C21H20F2N10O. The van der Waals surface area contributed by atoms with Gasteiger partial charge in [0.1, 0.15) is 17.3 Å². The smallest absolute Gasteiger partial charge is 0.338 e. The van der Waals surface area contributed by atoms with Crippen molar-refractivity contribution in [3.05, 3.63) is 53.0 Å². The summed E-state index contributed by atoms with van der Waals surface area (Å²) in [5.74, 6) is -0.157. The Morgan fingerprint density at radius 2 is 2.09 bits per heavy atom. The van der Waals surface area contributed by atoms with Crippen LogP contribution >= 0.6 is 0 Å². The number of hydrogen-bond donors (Lipinski definition) is 2. The molecule has 2 aromatic heterocycles. The van der Waals surface area contributed by atoms with E-state index >= 15 is 0 Å². The third-order valence-electron chi connectivity index (χ3n) is 5.20. The van der Waals surface area contributed by atoms with E-state index in [-0.39, 0.29) is 36.1 Å². The van der Waals surface area contributed by atoms with E-state index in [2.05, 4.69) is 35.9 Å². The van der Waals surface area contributed by atoms with Gasteiger partial charge in [-0.05, 0) is 30.7 Å². The molecule has 13 heteroatoms. The summed E-state index contributed by atoms with van der Waals surface area (Å²) in [6.45, 7) is 2.17. The summed E-state index contributed by atoms with van der Waals surface area (Å²) in [6.07, 6.45) is 2.99. The van der Waals surface area contributed by atoms with Crippen molar-refractivity contribution in [1.29, 1.82) is 5.26 Å². The number of nitrogens with one attached hydrogen (secondary N) is 2. The molecule has 1 atom stereocenters. The molecule has 34 heavy (non-hydrogen) atoms. The van der Waals surface area contributed by atoms with E-state index in [1.807, 2.05) is 6.07 Å². The monoisotopic (exact) mass is 466 g/mol. The van der Waals surface area contributed by atoms with Gasteiger partial charge in [0.05, 0.1) is 23.9 Å². The predicted molar refractivity (Wildman–Crippen MR) is 117 cm³/mol. The van der Waals surface area contributed by atoms with Crippen LogP contribution in [0.15, 0.2) is 29.5 Å². The fraction of sp³-hybridized carbons (Fsp3) is 0.286. The SMILES string of the molecule is Cc1nnc(-c2nc(NCCNC(=O)N3N=CC[C@H]3c3cc(F)cc(C#N)c3)ncc2F)n1C. The number of carbonyl (C=O) groups is 1. The third-order valence-corrected chi connectivity index (χ3v) is 5.20. The quantitative estimate of drug-likeness (QED) is 0.532. The molecule has 0 spiro atoms. The molecular weight excluding hydrogens is 446 g/mol. The molecule has 11 nitrogen and oxygen atoms in total. The first-order chi connectivity index (χ1) is 16.4. The molecule has 0 radical (unpaired) electrons. The average molecular weight is 466 g/mol. The standard InChI is InChI=1S/C21H20F2N10O/c1-12-30-31-19(32(12)2)18-16(23)11-27-20(29-18)25-5-6-26-21(34)33-17(3-4-28-33)14-7-13(10-24)8-15(22)9-14/h4,7-9,11,17H,3,5-6H2,1-2H3,(H,26,34)(H,25,27,29)/t17-/m0/s1. The zero-order chi connectivity index (χ0) is 24.2. The van der Waals surface area contributed by atoms with Gasteiger partial charge in [0.2, 0.25) is 5.95 Å². The van der Waals surface area contributed by atoms with Gasteiger partial charge in [0, 0.05) is 32.8 Å². The van der Waals surface area contributed by atoms with Crippen LogP contribution < -0.4 is 10.6 Å². The summed E-state index contributed by atoms with van der Waals surface area (Å²) in [6, 6.07) is 4.84. The molecule has 0 bridgehead atoms. The van der Waals surface area contributed by atoms with Crippen LogP contribution in [0.3, 0.4) is 0 Å². The van der Waals surface area contributed by atoms with Crippen LogP contribution in [0.25, 0.3) is 11.5 Å². The highest BCUT2D eigenvalue weighted by Crippen LogP contribution is 2.29. The topological polar surface area (TPSA) is 137 Å². The minimum atomic E-state index is -0.635. The Morgan fingerprint density at radius 3 is 2.82 bits per heavy atom. The van der Waals surface area contributed by atoms with Crippen LogP contribution in [0.4, 0.5) is 19.5 Å². The number of carbonyl (C=O) groups excluding carboxylic acids is 1. The fourth-order valence-electron chi connectivity index (χ4n) is 3.40. The van der Waals surface area contributed by atoms with Crippen molar-refractivity contribution >= 4 is 18.2 Å². The first-order valence-electron chi connectivity index (χ1n) is 10.3. The van der Waals surface area contributed by atoms with E-state index in [1.165, 1.54) is 17.1 Å². The normalized spacial score (nSPS) is 14.8. The van der Waals surface area contributed by atoms with E-state index in [0.29, 0.717) is 17.8 Å². The maximum atomic E-state index is 14.2. The number of nitrogens with zero attached hydrogens (tertiary/aromatic N) is 8. The number of anilines is 1. The molecule has 4 rings (SSSR count). The van der Waals surface area contributed by atoms with Crippen LogP contribution in [0.5, 0.6) is 0 Å². The second-order valence-corrected chi connectivity index (χ2v) is 7.46. The summed E-state index contributed by atoms with van der Waals surface area (Å²) in [4.78, 5) is 20.7. The van der Waals surface area contributed by atoms with E-state index in [4.69, 9.17) is 5.26 Å². The number of aryl methyl sites for hydroxylation is 1. The van der Waals surface area contributed by atoms with Crippen molar-refractivity contribution in [1.82, 2.24) is 35.1 Å². The first-order valence-corrected chi connectivity index (χ1v) is 10.3. The van der Waals surface area contributed by atoms with Gasteiger partial charge >= 0.3 is 6.03 Å². The molecule has 174 valence electrons. The number of nitriles is 1. The number of benzene rings is 1. The molecule has 2 amide bonds. The van der Waals surface area contributed by atoms with Crippen molar-refractivity contribution < 1.29 is 13.6 Å². The van der Waals surface area contributed by atoms with Crippen LogP contribution in [-0.4, -0.2) is 55.1 Å². The van der Waals surface area contributed by atoms with Gasteiger partial charge in [-0.3, -0.25) is 0 Å². The molecule has 3 aromatic rings. The van der Waals surface area contributed by atoms with Crippen molar-refractivity contribution in [3.8, 4) is 17.6 Å². The van der Waals surface area contributed by atoms with Gasteiger partial charge < -0.3 is 15.2 Å². The van der Waals surface area contributed by atoms with Gasteiger partial charge in [-0.25, -0.2) is 28.6 Å². The Labute approximate surface area is 193 Å². The van der Waals surface area contributed by atoms with Crippen LogP contribution in [0.2, 0.25) is 0 Å². The Balaban J connectivity index is 1.35. The lowest BCUT2D eigenvalue weighted by molar-refractivity contribution is 0.186.